The fourth-order valence-electron chi connectivity index (χ4n) is 2.60. The van der Waals surface area contributed by atoms with Crippen molar-refractivity contribution in [1.82, 2.24) is 4.90 Å². The van der Waals surface area contributed by atoms with Gasteiger partial charge in [-0.2, -0.15) is 0 Å². The molecule has 1 saturated heterocycles. The predicted molar refractivity (Wildman–Crippen MR) is 94.4 cm³/mol. The first-order chi connectivity index (χ1) is 11.9. The van der Waals surface area contributed by atoms with E-state index in [1.165, 1.54) is 5.56 Å². The highest BCUT2D eigenvalue weighted by Crippen LogP contribution is 2.19. The molecule has 0 saturated carbocycles. The number of nitrogens with zero attached hydrogens (tertiary/aromatic N) is 2. The van der Waals surface area contributed by atoms with Crippen LogP contribution >= 0.6 is 0 Å². The van der Waals surface area contributed by atoms with Gasteiger partial charge in [0.25, 0.3) is 0 Å². The number of hydrogen-bond donors (Lipinski definition) is 0. The molecule has 2 aromatic rings. The summed E-state index contributed by atoms with van der Waals surface area (Å²) in [6.45, 7) is 7.56. The van der Waals surface area contributed by atoms with Crippen molar-refractivity contribution in [2.75, 3.05) is 13.1 Å². The molecule has 0 bridgehead atoms. The van der Waals surface area contributed by atoms with Crippen molar-refractivity contribution in [3.8, 4) is 5.75 Å². The zero-order chi connectivity index (χ0) is 17.9. The number of carbonyl (C=O) groups excluding carboxylic acids is 1. The van der Waals surface area contributed by atoms with Gasteiger partial charge in [-0.1, -0.05) is 30.3 Å². The van der Waals surface area contributed by atoms with Crippen LogP contribution < -0.4 is 9.30 Å². The molecule has 1 fully saturated rings. The third kappa shape index (κ3) is 4.95. The normalized spacial score (nSPS) is 14.8. The van der Waals surface area contributed by atoms with Crippen molar-refractivity contribution < 1.29 is 18.8 Å². The molecule has 0 N–H and O–H groups in total. The first kappa shape index (κ1) is 17.3. The maximum absolute atomic E-state index is 11.9. The molecule has 1 amide bonds. The highest BCUT2D eigenvalue weighted by molar-refractivity contribution is 5.69. The Balaban J connectivity index is 1.46. The van der Waals surface area contributed by atoms with Crippen molar-refractivity contribution >= 4 is 6.09 Å². The van der Waals surface area contributed by atoms with Gasteiger partial charge in [-0.15, -0.1) is 0 Å². The maximum atomic E-state index is 11.9. The molecule has 0 spiro atoms. The molecule has 2 heterocycles. The van der Waals surface area contributed by atoms with Gasteiger partial charge in [0.1, 0.15) is 17.5 Å². The van der Waals surface area contributed by atoms with Crippen LogP contribution in [-0.2, 0) is 11.3 Å². The minimum absolute atomic E-state index is 0.0255. The number of hydrogen-bond acceptors (Lipinski definition) is 3. The van der Waals surface area contributed by atoms with Crippen LogP contribution in [0.2, 0.25) is 0 Å². The summed E-state index contributed by atoms with van der Waals surface area (Å²) in [4.78, 5) is 13.6. The summed E-state index contributed by atoms with van der Waals surface area (Å²) >= 11 is 0. The molecule has 5 heteroatoms. The summed E-state index contributed by atoms with van der Waals surface area (Å²) in [5, 5.41) is 0. The fraction of sp³-hybridized carbons (Fsp3) is 0.400. The fourth-order valence-corrected chi connectivity index (χ4v) is 2.60. The summed E-state index contributed by atoms with van der Waals surface area (Å²) in [6, 6.07) is 14.2. The van der Waals surface area contributed by atoms with E-state index < -0.39 is 5.60 Å². The Morgan fingerprint density at radius 3 is 2.36 bits per heavy atom. The molecule has 1 aromatic heterocycles. The van der Waals surface area contributed by atoms with Gasteiger partial charge in [0, 0.05) is 17.7 Å². The van der Waals surface area contributed by atoms with Crippen molar-refractivity contribution in [3.05, 3.63) is 60.4 Å². The predicted octanol–water partition coefficient (Wildman–Crippen LogP) is 3.02. The van der Waals surface area contributed by atoms with E-state index in [1.807, 2.05) is 63.5 Å². The van der Waals surface area contributed by atoms with Gasteiger partial charge in [-0.25, -0.2) is 9.36 Å². The monoisotopic (exact) mass is 341 g/mol. The quantitative estimate of drug-likeness (QED) is 0.803. The van der Waals surface area contributed by atoms with E-state index in [2.05, 4.69) is 16.7 Å². The number of rotatable bonds is 4. The largest absolute Gasteiger partial charge is 0.486 e. The van der Waals surface area contributed by atoms with Gasteiger partial charge in [-0.3, -0.25) is 0 Å². The number of amides is 1. The van der Waals surface area contributed by atoms with Crippen LogP contribution in [0.15, 0.2) is 54.9 Å². The third-order valence-corrected chi connectivity index (χ3v) is 3.87. The van der Waals surface area contributed by atoms with Gasteiger partial charge < -0.3 is 14.4 Å². The van der Waals surface area contributed by atoms with E-state index in [9.17, 15) is 4.79 Å². The van der Waals surface area contributed by atoms with E-state index in [0.29, 0.717) is 13.1 Å². The van der Waals surface area contributed by atoms with E-state index in [0.717, 1.165) is 12.3 Å². The van der Waals surface area contributed by atoms with Gasteiger partial charge in [0.2, 0.25) is 0 Å². The molecule has 0 aliphatic carbocycles. The number of ether oxygens (including phenoxy) is 2. The number of pyridine rings is 1. The molecule has 0 radical (unpaired) electrons. The average Bonchev–Trinajstić information content (AvgIpc) is 2.51. The first-order valence-electron chi connectivity index (χ1n) is 8.57. The first-order valence-corrected chi connectivity index (χ1v) is 8.57. The maximum Gasteiger partial charge on any atom is 0.410 e. The Bertz CT molecular complexity index is 702. The van der Waals surface area contributed by atoms with Crippen molar-refractivity contribution in [3.63, 3.8) is 0 Å². The van der Waals surface area contributed by atoms with E-state index in [-0.39, 0.29) is 12.2 Å². The van der Waals surface area contributed by atoms with Crippen LogP contribution in [0.3, 0.4) is 0 Å². The lowest BCUT2D eigenvalue weighted by atomic mass is 10.1. The van der Waals surface area contributed by atoms with Gasteiger partial charge in [0.05, 0.1) is 13.1 Å². The molecule has 0 atom stereocenters. The Labute approximate surface area is 148 Å². The molecule has 3 rings (SSSR count). The molecule has 132 valence electrons. The molecule has 1 aliphatic rings. The van der Waals surface area contributed by atoms with Gasteiger partial charge in [0.15, 0.2) is 18.9 Å². The van der Waals surface area contributed by atoms with Crippen LogP contribution in [-0.4, -0.2) is 35.8 Å². The van der Waals surface area contributed by atoms with Crippen molar-refractivity contribution in [2.24, 2.45) is 0 Å². The van der Waals surface area contributed by atoms with Crippen LogP contribution in [0.1, 0.15) is 26.3 Å². The molecule has 5 nitrogen and oxygen atoms in total. The standard InChI is InChI=1S/C20H25N2O3/c1-20(2,3)25-19(23)22-14-18(15-22)24-17-9-11-21(12-10-17)13-16-7-5-4-6-8-16/h4-12,18H,13-15H2,1-3H3/q+1. The van der Waals surface area contributed by atoms with Crippen LogP contribution in [0.25, 0.3) is 0 Å². The second kappa shape index (κ2) is 7.13. The minimum Gasteiger partial charge on any atom is -0.486 e. The highest BCUT2D eigenvalue weighted by Gasteiger charge is 2.35. The lowest BCUT2D eigenvalue weighted by molar-refractivity contribution is -0.688. The van der Waals surface area contributed by atoms with E-state index in [4.69, 9.17) is 9.47 Å². The van der Waals surface area contributed by atoms with E-state index in [1.54, 1.807) is 4.90 Å². The zero-order valence-corrected chi connectivity index (χ0v) is 15.0. The smallest absolute Gasteiger partial charge is 0.410 e. The molecule has 1 aromatic carbocycles. The third-order valence-electron chi connectivity index (χ3n) is 3.87. The highest BCUT2D eigenvalue weighted by atomic mass is 16.6. The summed E-state index contributed by atoms with van der Waals surface area (Å²) in [7, 11) is 0. The molecular weight excluding hydrogens is 316 g/mol. The van der Waals surface area contributed by atoms with Gasteiger partial charge >= 0.3 is 6.09 Å². The summed E-state index contributed by atoms with van der Waals surface area (Å²) in [5.41, 5.74) is 0.794. The number of likely N-dealkylation sites (tertiary alicyclic amines) is 1. The average molecular weight is 341 g/mol. The van der Waals surface area contributed by atoms with Crippen molar-refractivity contribution in [1.29, 1.82) is 0 Å². The molecule has 0 unspecified atom stereocenters. The Morgan fingerprint density at radius 2 is 1.76 bits per heavy atom. The Morgan fingerprint density at radius 1 is 1.12 bits per heavy atom. The van der Waals surface area contributed by atoms with Crippen LogP contribution in [0.5, 0.6) is 5.75 Å². The topological polar surface area (TPSA) is 42.6 Å². The number of carbonyl (C=O) groups is 1. The molecule has 1 aliphatic heterocycles. The second-order valence-corrected chi connectivity index (χ2v) is 7.32. The molecule has 25 heavy (non-hydrogen) atoms. The Hall–Kier alpha value is -2.56. The summed E-state index contributed by atoms with van der Waals surface area (Å²) < 4.78 is 13.4. The zero-order valence-electron chi connectivity index (χ0n) is 15.0. The van der Waals surface area contributed by atoms with Crippen molar-refractivity contribution in [2.45, 2.75) is 39.0 Å². The van der Waals surface area contributed by atoms with Crippen LogP contribution in [0, 0.1) is 0 Å². The Kier molecular flexibility index (Phi) is 4.93. The van der Waals surface area contributed by atoms with E-state index >= 15 is 0 Å². The van der Waals surface area contributed by atoms with Gasteiger partial charge in [-0.05, 0) is 20.8 Å². The number of aromatic nitrogens is 1. The van der Waals surface area contributed by atoms with Crippen LogP contribution in [0.4, 0.5) is 4.79 Å². The minimum atomic E-state index is -0.463. The molecular formula is C20H25N2O3+. The lowest BCUT2D eigenvalue weighted by Crippen LogP contribution is -2.57. The number of benzene rings is 1. The SMILES string of the molecule is CC(C)(C)OC(=O)N1CC(Oc2cc[n+](Cc3ccccc3)cc2)C1. The lowest BCUT2D eigenvalue weighted by Gasteiger charge is -2.39. The second-order valence-electron chi connectivity index (χ2n) is 7.32. The summed E-state index contributed by atoms with van der Waals surface area (Å²) in [6.07, 6.45) is 3.76. The summed E-state index contributed by atoms with van der Waals surface area (Å²) in [5.74, 6) is 0.818.